The summed E-state index contributed by atoms with van der Waals surface area (Å²) < 4.78 is 0. The van der Waals surface area contributed by atoms with Crippen LogP contribution >= 0.6 is 0 Å². The topological polar surface area (TPSA) is 40.5 Å². The Bertz CT molecular complexity index is 583. The predicted octanol–water partition coefficient (Wildman–Crippen LogP) is 3.92. The molecule has 2 aromatic carbocycles. The lowest BCUT2D eigenvalue weighted by Gasteiger charge is -2.10. The van der Waals surface area contributed by atoms with Gasteiger partial charge in [0.05, 0.1) is 0 Å². The Balaban J connectivity index is 2.15. The van der Waals surface area contributed by atoms with Gasteiger partial charge < -0.3 is 10.2 Å². The van der Waals surface area contributed by atoms with E-state index in [4.69, 9.17) is 0 Å². The zero-order valence-corrected chi connectivity index (χ0v) is 11.1. The average Bonchev–Trinajstić information content (AvgIpc) is 2.39. The highest BCUT2D eigenvalue weighted by Crippen LogP contribution is 2.24. The molecule has 2 N–H and O–H groups in total. The molecular formula is C17H18O2. The smallest absolute Gasteiger partial charge is 0.116 e. The van der Waals surface area contributed by atoms with Crippen LogP contribution < -0.4 is 0 Å². The van der Waals surface area contributed by atoms with E-state index in [9.17, 15) is 10.2 Å². The first-order valence-electron chi connectivity index (χ1n) is 6.32. The lowest BCUT2D eigenvalue weighted by atomic mass is 9.96. The van der Waals surface area contributed by atoms with E-state index in [0.29, 0.717) is 0 Å². The van der Waals surface area contributed by atoms with Crippen LogP contribution in [0.25, 0.3) is 5.57 Å². The summed E-state index contributed by atoms with van der Waals surface area (Å²) in [4.78, 5) is 0. The fraction of sp³-hybridized carbons (Fsp3) is 0.176. The molecule has 2 nitrogen and oxygen atoms in total. The summed E-state index contributed by atoms with van der Waals surface area (Å²) in [6, 6.07) is 12.7. The molecule has 2 aromatic rings. The number of benzene rings is 2. The number of hydrogen-bond acceptors (Lipinski definition) is 2. The van der Waals surface area contributed by atoms with Gasteiger partial charge in [0.2, 0.25) is 0 Å². The number of phenolic OH excluding ortho intramolecular Hbond substituents is 2. The van der Waals surface area contributed by atoms with Gasteiger partial charge in [-0.25, -0.2) is 0 Å². The van der Waals surface area contributed by atoms with E-state index >= 15 is 0 Å². The summed E-state index contributed by atoms with van der Waals surface area (Å²) in [7, 11) is 0. The number of hydrogen-bond donors (Lipinski definition) is 2. The maximum atomic E-state index is 9.53. The van der Waals surface area contributed by atoms with E-state index in [1.165, 1.54) is 11.1 Å². The highest BCUT2D eigenvalue weighted by atomic mass is 16.3. The van der Waals surface area contributed by atoms with Crippen molar-refractivity contribution in [2.24, 2.45) is 0 Å². The van der Waals surface area contributed by atoms with Crippen LogP contribution in [0.2, 0.25) is 0 Å². The molecule has 2 heteroatoms. The molecule has 0 saturated carbocycles. The maximum absolute atomic E-state index is 9.53. The van der Waals surface area contributed by atoms with Gasteiger partial charge in [0.1, 0.15) is 11.5 Å². The summed E-state index contributed by atoms with van der Waals surface area (Å²) in [6.07, 6.45) is 1.78. The minimum Gasteiger partial charge on any atom is -0.508 e. The van der Waals surface area contributed by atoms with Crippen molar-refractivity contribution in [3.8, 4) is 11.5 Å². The molecule has 98 valence electrons. The maximum Gasteiger partial charge on any atom is 0.116 e. The van der Waals surface area contributed by atoms with E-state index in [1.54, 1.807) is 24.3 Å². The summed E-state index contributed by atoms with van der Waals surface area (Å²) in [5, 5.41) is 18.8. The Labute approximate surface area is 113 Å². The molecule has 19 heavy (non-hydrogen) atoms. The summed E-state index contributed by atoms with van der Waals surface area (Å²) in [5.41, 5.74) is 4.33. The molecule has 2 rings (SSSR count). The molecule has 0 spiro atoms. The highest BCUT2D eigenvalue weighted by molar-refractivity contribution is 5.66. The molecular weight excluding hydrogens is 236 g/mol. The highest BCUT2D eigenvalue weighted by Gasteiger charge is 2.05. The molecule has 0 unspecified atom stereocenters. The molecule has 0 atom stereocenters. The average molecular weight is 254 g/mol. The third-order valence-corrected chi connectivity index (χ3v) is 3.17. The Morgan fingerprint density at radius 1 is 0.947 bits per heavy atom. The quantitative estimate of drug-likeness (QED) is 0.868. The zero-order chi connectivity index (χ0) is 13.8. The second-order valence-corrected chi connectivity index (χ2v) is 4.79. The van der Waals surface area contributed by atoms with Crippen molar-refractivity contribution in [3.05, 3.63) is 65.7 Å². The number of aryl methyl sites for hydroxylation is 2. The lowest BCUT2D eigenvalue weighted by Crippen LogP contribution is -1.95. The first-order chi connectivity index (χ1) is 9.06. The van der Waals surface area contributed by atoms with Gasteiger partial charge in [-0.05, 0) is 60.7 Å². The Morgan fingerprint density at radius 2 is 1.58 bits per heavy atom. The number of aromatic hydroxyl groups is 2. The largest absolute Gasteiger partial charge is 0.508 e. The fourth-order valence-electron chi connectivity index (χ4n) is 2.12. The molecule has 0 aromatic heterocycles. The molecule has 0 bridgehead atoms. The Kier molecular flexibility index (Phi) is 3.91. The van der Waals surface area contributed by atoms with Gasteiger partial charge >= 0.3 is 0 Å². The van der Waals surface area contributed by atoms with Gasteiger partial charge in [0, 0.05) is 0 Å². The van der Waals surface area contributed by atoms with Crippen LogP contribution in [0.5, 0.6) is 11.5 Å². The van der Waals surface area contributed by atoms with Crippen LogP contribution in [0.1, 0.15) is 23.6 Å². The second-order valence-electron chi connectivity index (χ2n) is 4.79. The van der Waals surface area contributed by atoms with Crippen LogP contribution in [-0.4, -0.2) is 10.2 Å². The van der Waals surface area contributed by atoms with E-state index in [1.807, 2.05) is 25.1 Å². The molecule has 0 aliphatic carbocycles. The third-order valence-electron chi connectivity index (χ3n) is 3.17. The van der Waals surface area contributed by atoms with E-state index in [0.717, 1.165) is 24.0 Å². The van der Waals surface area contributed by atoms with Crippen molar-refractivity contribution >= 4 is 5.57 Å². The van der Waals surface area contributed by atoms with Gasteiger partial charge in [-0.2, -0.15) is 0 Å². The monoisotopic (exact) mass is 254 g/mol. The zero-order valence-electron chi connectivity index (χ0n) is 11.1. The van der Waals surface area contributed by atoms with Gasteiger partial charge in [-0.3, -0.25) is 0 Å². The standard InChI is InChI=1S/C17H18O2/c1-12(2)17-11-16(19)10-7-14(17)6-3-13-4-8-15(18)9-5-13/h4-5,7-11,18-19H,1,3,6H2,2H3. The van der Waals surface area contributed by atoms with Crippen molar-refractivity contribution in [1.29, 1.82) is 0 Å². The van der Waals surface area contributed by atoms with Crippen LogP contribution in [-0.2, 0) is 12.8 Å². The molecule has 0 fully saturated rings. The minimum atomic E-state index is 0.270. The normalized spacial score (nSPS) is 10.4. The van der Waals surface area contributed by atoms with E-state index in [2.05, 4.69) is 6.58 Å². The number of rotatable bonds is 4. The van der Waals surface area contributed by atoms with Crippen LogP contribution in [0.15, 0.2) is 49.0 Å². The first-order valence-corrected chi connectivity index (χ1v) is 6.32. The van der Waals surface area contributed by atoms with Crippen molar-refractivity contribution in [1.82, 2.24) is 0 Å². The lowest BCUT2D eigenvalue weighted by molar-refractivity contribution is 0.474. The Hall–Kier alpha value is -2.22. The third kappa shape index (κ3) is 3.38. The predicted molar refractivity (Wildman–Crippen MR) is 78.3 cm³/mol. The van der Waals surface area contributed by atoms with Crippen LogP contribution in [0.4, 0.5) is 0 Å². The van der Waals surface area contributed by atoms with Gasteiger partial charge in [-0.1, -0.05) is 30.4 Å². The molecule has 0 heterocycles. The van der Waals surface area contributed by atoms with Crippen molar-refractivity contribution in [3.63, 3.8) is 0 Å². The van der Waals surface area contributed by atoms with Crippen LogP contribution in [0.3, 0.4) is 0 Å². The van der Waals surface area contributed by atoms with Gasteiger partial charge in [0.25, 0.3) is 0 Å². The summed E-state index contributed by atoms with van der Waals surface area (Å²) in [6.45, 7) is 5.89. The van der Waals surface area contributed by atoms with Gasteiger partial charge in [-0.15, -0.1) is 0 Å². The molecule has 0 aliphatic heterocycles. The summed E-state index contributed by atoms with van der Waals surface area (Å²) in [5.74, 6) is 0.558. The fourth-order valence-corrected chi connectivity index (χ4v) is 2.12. The van der Waals surface area contributed by atoms with Crippen molar-refractivity contribution in [2.45, 2.75) is 19.8 Å². The molecule has 0 radical (unpaired) electrons. The summed E-state index contributed by atoms with van der Waals surface area (Å²) >= 11 is 0. The van der Waals surface area contributed by atoms with Crippen molar-refractivity contribution in [2.75, 3.05) is 0 Å². The van der Waals surface area contributed by atoms with Crippen LogP contribution in [0, 0.1) is 0 Å². The minimum absolute atomic E-state index is 0.270. The molecule has 0 saturated heterocycles. The Morgan fingerprint density at radius 3 is 2.21 bits per heavy atom. The molecule has 0 amide bonds. The van der Waals surface area contributed by atoms with Crippen molar-refractivity contribution < 1.29 is 10.2 Å². The SMILES string of the molecule is C=C(C)c1cc(O)ccc1CCc1ccc(O)cc1. The van der Waals surface area contributed by atoms with Gasteiger partial charge in [0.15, 0.2) is 0 Å². The van der Waals surface area contributed by atoms with E-state index in [-0.39, 0.29) is 11.5 Å². The first kappa shape index (κ1) is 13.2. The molecule has 0 aliphatic rings. The second kappa shape index (κ2) is 5.61. The number of allylic oxidation sites excluding steroid dienone is 1. The number of phenols is 2. The van der Waals surface area contributed by atoms with E-state index < -0.39 is 0 Å².